The van der Waals surface area contributed by atoms with Crippen LogP contribution in [0.2, 0.25) is 0 Å². The number of nitrogens with one attached hydrogen (secondary N) is 3. The van der Waals surface area contributed by atoms with E-state index in [-0.39, 0.29) is 44.4 Å². The monoisotopic (exact) mass is 794 g/mol. The molecule has 2 aromatic heterocycles. The van der Waals surface area contributed by atoms with Crippen molar-refractivity contribution in [3.05, 3.63) is 48.9 Å². The van der Waals surface area contributed by atoms with E-state index >= 15 is 0 Å². The van der Waals surface area contributed by atoms with Crippen LogP contribution in [0.3, 0.4) is 0 Å². The molecule has 1 unspecified atom stereocenters. The Hall–Kier alpha value is -5.23. The third-order valence-corrected chi connectivity index (χ3v) is 11.9. The third kappa shape index (κ3) is 8.60. The van der Waals surface area contributed by atoms with Crippen molar-refractivity contribution in [2.75, 3.05) is 26.9 Å². The lowest BCUT2D eigenvalue weighted by Crippen LogP contribution is -2.59. The summed E-state index contributed by atoms with van der Waals surface area (Å²) in [5.74, 6) is -1.65. The van der Waals surface area contributed by atoms with Crippen LogP contribution >= 0.6 is 0 Å². The summed E-state index contributed by atoms with van der Waals surface area (Å²) in [4.78, 5) is 65.9. The summed E-state index contributed by atoms with van der Waals surface area (Å²) in [6.07, 6.45) is 7.02. The zero-order valence-corrected chi connectivity index (χ0v) is 32.4. The highest BCUT2D eigenvalue weighted by Crippen LogP contribution is 2.46. The van der Waals surface area contributed by atoms with Gasteiger partial charge in [0.05, 0.1) is 31.7 Å². The SMILES string of the molecule is COc1ccc2c(OC3C[C@H]4C(=O)N[C@]5(C(=O)NS(=O)(=O)C6CC6)C[C@H]5/C=C\CCCOC[C@H](NC(=O)OC(C)(C)C)C(=O)N4C3)nc(-c3ncco3)cc2c1. The Labute approximate surface area is 323 Å². The van der Waals surface area contributed by atoms with Crippen molar-refractivity contribution in [2.24, 2.45) is 5.92 Å². The summed E-state index contributed by atoms with van der Waals surface area (Å²) < 4.78 is 56.7. The topological polar surface area (TPSA) is 218 Å². The number of pyridine rings is 1. The van der Waals surface area contributed by atoms with Gasteiger partial charge in [-0.15, -0.1) is 0 Å². The lowest BCUT2D eigenvalue weighted by atomic mass is 10.1. The summed E-state index contributed by atoms with van der Waals surface area (Å²) >= 11 is 0. The third-order valence-electron chi connectivity index (χ3n) is 10.0. The lowest BCUT2D eigenvalue weighted by molar-refractivity contribution is -0.142. The molecule has 300 valence electrons. The van der Waals surface area contributed by atoms with Crippen molar-refractivity contribution in [1.29, 1.82) is 0 Å². The maximum atomic E-state index is 14.5. The standard InChI is InChI=1S/C38H46N6O11S/c1-37(2,3)55-36(48)41-29-21-52-14-7-5-6-8-23-19-38(23,35(47)43-56(49,50)26-10-11-26)42-31(45)30-18-25(20-44(30)34(29)46)54-32-27-12-9-24(51-4)16-22(27)17-28(40-32)33-39-13-15-53-33/h6,8-9,12-13,15-17,23,25-26,29-30H,5,7,10-11,14,18-21H2,1-4H3,(H,41,48)(H,42,45)(H,43,47)/b8-6-/t23-,25?,29+,30+,38-/m1/s1. The molecule has 1 aromatic carbocycles. The van der Waals surface area contributed by atoms with Gasteiger partial charge in [0.25, 0.3) is 5.91 Å². The average molecular weight is 795 g/mol. The maximum Gasteiger partial charge on any atom is 0.408 e. The number of oxazole rings is 1. The average Bonchev–Trinajstić information content (AvgIpc) is 4.00. The lowest BCUT2D eigenvalue weighted by Gasteiger charge is -2.30. The van der Waals surface area contributed by atoms with Crippen LogP contribution < -0.4 is 24.8 Å². The molecule has 56 heavy (non-hydrogen) atoms. The van der Waals surface area contributed by atoms with Gasteiger partial charge in [0.2, 0.25) is 33.6 Å². The molecule has 0 radical (unpaired) electrons. The number of sulfonamides is 1. The number of ether oxygens (including phenoxy) is 4. The van der Waals surface area contributed by atoms with Crippen molar-refractivity contribution < 1.29 is 51.0 Å². The van der Waals surface area contributed by atoms with E-state index in [2.05, 4.69) is 20.3 Å². The highest BCUT2D eigenvalue weighted by molar-refractivity contribution is 7.91. The van der Waals surface area contributed by atoms with Crippen LogP contribution in [0.4, 0.5) is 4.79 Å². The van der Waals surface area contributed by atoms with Gasteiger partial charge < -0.3 is 38.9 Å². The minimum absolute atomic E-state index is 0.0429. The minimum Gasteiger partial charge on any atom is -0.497 e. The number of benzene rings is 1. The number of hydrogen-bond donors (Lipinski definition) is 3. The maximum absolute atomic E-state index is 14.5. The fourth-order valence-corrected chi connectivity index (χ4v) is 8.33. The smallest absolute Gasteiger partial charge is 0.408 e. The van der Waals surface area contributed by atoms with E-state index in [1.165, 1.54) is 17.4 Å². The molecule has 2 saturated carbocycles. The van der Waals surface area contributed by atoms with E-state index in [4.69, 9.17) is 28.3 Å². The number of allylic oxidation sites excluding steroid dienone is 1. The van der Waals surface area contributed by atoms with Crippen LogP contribution in [0.5, 0.6) is 11.6 Å². The molecule has 4 aliphatic rings. The first-order chi connectivity index (χ1) is 26.7. The molecule has 7 rings (SSSR count). The number of rotatable bonds is 8. The second-order valence-electron chi connectivity index (χ2n) is 15.5. The molecule has 18 heteroatoms. The number of amides is 4. The van der Waals surface area contributed by atoms with Crippen LogP contribution in [0.15, 0.2) is 53.3 Å². The van der Waals surface area contributed by atoms with E-state index < -0.39 is 74.3 Å². The van der Waals surface area contributed by atoms with Crippen molar-refractivity contribution in [2.45, 2.75) is 93.9 Å². The molecule has 2 aliphatic carbocycles. The predicted octanol–water partition coefficient (Wildman–Crippen LogP) is 2.99. The van der Waals surface area contributed by atoms with Crippen LogP contribution in [0, 0.1) is 5.92 Å². The predicted molar refractivity (Wildman–Crippen MR) is 200 cm³/mol. The number of alkyl carbamates (subject to hydrolysis) is 1. The van der Waals surface area contributed by atoms with Gasteiger partial charge in [-0.2, -0.15) is 0 Å². The van der Waals surface area contributed by atoms with Gasteiger partial charge in [0.1, 0.15) is 47.0 Å². The summed E-state index contributed by atoms with van der Waals surface area (Å²) in [5, 5.41) is 6.11. The Morgan fingerprint density at radius 1 is 1.14 bits per heavy atom. The number of hydrogen-bond acceptors (Lipinski definition) is 13. The minimum atomic E-state index is -3.93. The summed E-state index contributed by atoms with van der Waals surface area (Å²) in [7, 11) is -2.38. The van der Waals surface area contributed by atoms with Crippen molar-refractivity contribution >= 4 is 44.6 Å². The number of aromatic nitrogens is 2. The van der Waals surface area contributed by atoms with Gasteiger partial charge in [-0.1, -0.05) is 12.2 Å². The van der Waals surface area contributed by atoms with Crippen LogP contribution in [-0.2, 0) is 33.9 Å². The van der Waals surface area contributed by atoms with Crippen molar-refractivity contribution in [3.63, 3.8) is 0 Å². The molecule has 0 bridgehead atoms. The fraction of sp³-hybridized carbons (Fsp3) is 0.526. The molecule has 3 aromatic rings. The van der Waals surface area contributed by atoms with E-state index in [0.29, 0.717) is 47.9 Å². The Balaban J connectivity index is 1.22. The Kier molecular flexibility index (Phi) is 10.7. The normalized spacial score (nSPS) is 26.5. The first kappa shape index (κ1) is 39.0. The van der Waals surface area contributed by atoms with Gasteiger partial charge in [-0.25, -0.2) is 23.2 Å². The van der Waals surface area contributed by atoms with Gasteiger partial charge >= 0.3 is 6.09 Å². The van der Waals surface area contributed by atoms with Crippen molar-refractivity contribution in [1.82, 2.24) is 30.2 Å². The molecule has 17 nitrogen and oxygen atoms in total. The second kappa shape index (κ2) is 15.4. The number of methoxy groups -OCH3 is 1. The first-order valence-corrected chi connectivity index (χ1v) is 20.2. The quantitative estimate of drug-likeness (QED) is 0.280. The highest BCUT2D eigenvalue weighted by atomic mass is 32.2. The molecule has 3 fully saturated rings. The zero-order valence-electron chi connectivity index (χ0n) is 31.6. The fourth-order valence-electron chi connectivity index (χ4n) is 6.97. The summed E-state index contributed by atoms with van der Waals surface area (Å²) in [6, 6.07) is 4.63. The summed E-state index contributed by atoms with van der Waals surface area (Å²) in [5.41, 5.74) is -2.06. The van der Waals surface area contributed by atoms with Gasteiger partial charge in [0, 0.05) is 24.3 Å². The largest absolute Gasteiger partial charge is 0.497 e. The molecular weight excluding hydrogens is 749 g/mol. The van der Waals surface area contributed by atoms with Crippen molar-refractivity contribution in [3.8, 4) is 23.2 Å². The zero-order chi connectivity index (χ0) is 39.8. The number of carbonyl (C=O) groups excluding carboxylic acids is 4. The second-order valence-corrected chi connectivity index (χ2v) is 17.5. The molecule has 1 saturated heterocycles. The van der Waals surface area contributed by atoms with E-state index in [9.17, 15) is 27.6 Å². The number of nitrogens with zero attached hydrogens (tertiary/aromatic N) is 3. The highest BCUT2D eigenvalue weighted by Gasteiger charge is 2.62. The Bertz CT molecular complexity index is 2130. The van der Waals surface area contributed by atoms with E-state index in [1.807, 2.05) is 6.08 Å². The molecular formula is C38H46N6O11S. The first-order valence-electron chi connectivity index (χ1n) is 18.6. The number of carbonyl (C=O) groups is 4. The Morgan fingerprint density at radius 2 is 1.95 bits per heavy atom. The van der Waals surface area contributed by atoms with E-state index in [0.717, 1.165) is 0 Å². The molecule has 0 spiro atoms. The molecule has 2 aliphatic heterocycles. The van der Waals surface area contributed by atoms with E-state index in [1.54, 1.807) is 58.2 Å². The molecule has 5 atom stereocenters. The summed E-state index contributed by atoms with van der Waals surface area (Å²) in [6.45, 7) is 4.99. The van der Waals surface area contributed by atoms with Gasteiger partial charge in [0.15, 0.2) is 0 Å². The number of fused-ring (bicyclic) bond motifs is 3. The van der Waals surface area contributed by atoms with Gasteiger partial charge in [-0.05, 0) is 82.5 Å². The molecule has 4 heterocycles. The Morgan fingerprint density at radius 3 is 2.66 bits per heavy atom. The van der Waals surface area contributed by atoms with Gasteiger partial charge in [-0.3, -0.25) is 19.1 Å². The van der Waals surface area contributed by atoms with Crippen LogP contribution in [0.1, 0.15) is 59.3 Å². The molecule has 3 N–H and O–H groups in total. The molecule has 4 amide bonds. The van der Waals surface area contributed by atoms with Crippen LogP contribution in [-0.4, -0.2) is 109 Å². The van der Waals surface area contributed by atoms with Crippen LogP contribution in [0.25, 0.3) is 22.4 Å².